The van der Waals surface area contributed by atoms with E-state index in [2.05, 4.69) is 4.90 Å². The van der Waals surface area contributed by atoms with Gasteiger partial charge in [0.1, 0.15) is 11.8 Å². The highest BCUT2D eigenvalue weighted by atomic mass is 16.7. The highest BCUT2D eigenvalue weighted by Gasteiger charge is 2.23. The molecule has 0 spiro atoms. The summed E-state index contributed by atoms with van der Waals surface area (Å²) in [6, 6.07) is 5.20. The van der Waals surface area contributed by atoms with Gasteiger partial charge in [0.25, 0.3) is 0 Å². The number of para-hydroxylation sites is 1. The number of benzene rings is 1. The fraction of sp³-hybridized carbons (Fsp3) is 0.294. The van der Waals surface area contributed by atoms with Crippen LogP contribution in [0.15, 0.2) is 35.5 Å². The lowest BCUT2D eigenvalue weighted by Crippen LogP contribution is -2.45. The lowest BCUT2D eigenvalue weighted by atomic mass is 10.1. The van der Waals surface area contributed by atoms with Crippen molar-refractivity contribution >= 4 is 23.1 Å². The van der Waals surface area contributed by atoms with Gasteiger partial charge in [0.15, 0.2) is 5.75 Å². The Labute approximate surface area is 138 Å². The van der Waals surface area contributed by atoms with E-state index < -0.39 is 5.97 Å². The van der Waals surface area contributed by atoms with Gasteiger partial charge in [-0.3, -0.25) is 4.79 Å². The topological polar surface area (TPSA) is 64.0 Å². The van der Waals surface area contributed by atoms with Crippen LogP contribution in [0.1, 0.15) is 10.4 Å². The molecule has 0 aliphatic carbocycles. The van der Waals surface area contributed by atoms with Crippen LogP contribution in [0, 0.1) is 0 Å². The molecule has 0 unspecified atom stereocenters. The molecule has 0 amide bonds. The lowest BCUT2D eigenvalue weighted by Gasteiger charge is -2.30. The van der Waals surface area contributed by atoms with Crippen molar-refractivity contribution in [2.45, 2.75) is 0 Å². The minimum Gasteiger partial charge on any atom is -0.461 e. The largest absolute Gasteiger partial charge is 0.461 e. The maximum atomic E-state index is 12.7. The number of carbonyl (C=O) groups excluding carboxylic acids is 1. The predicted molar refractivity (Wildman–Crippen MR) is 88.7 cm³/mol. The highest BCUT2D eigenvalue weighted by Crippen LogP contribution is 2.27. The number of rotatable bonds is 2. The minimum absolute atomic E-state index is 0.0186. The number of pyridine rings is 1. The van der Waals surface area contributed by atoms with Crippen molar-refractivity contribution in [2.75, 3.05) is 33.2 Å². The second-order valence-corrected chi connectivity index (χ2v) is 5.95. The van der Waals surface area contributed by atoms with E-state index in [1.54, 1.807) is 34.0 Å². The Balaban J connectivity index is 1.70. The van der Waals surface area contributed by atoms with Crippen molar-refractivity contribution in [2.24, 2.45) is 0 Å². The van der Waals surface area contributed by atoms with E-state index in [1.807, 2.05) is 7.05 Å². The van der Waals surface area contributed by atoms with E-state index in [0.29, 0.717) is 29.7 Å². The molecule has 0 bridgehead atoms. The van der Waals surface area contributed by atoms with Gasteiger partial charge in [0.05, 0.1) is 10.9 Å². The predicted octanol–water partition coefficient (Wildman–Crippen LogP) is 1.14. The van der Waals surface area contributed by atoms with Gasteiger partial charge in [-0.25, -0.2) is 4.79 Å². The molecule has 1 fully saturated rings. The monoisotopic (exact) mass is 327 g/mol. The molecule has 7 nitrogen and oxygen atoms in total. The van der Waals surface area contributed by atoms with E-state index in [0.717, 1.165) is 13.1 Å². The summed E-state index contributed by atoms with van der Waals surface area (Å²) in [7, 11) is 2.02. The van der Waals surface area contributed by atoms with E-state index >= 15 is 0 Å². The molecule has 0 N–H and O–H groups in total. The molecule has 2 aliphatic heterocycles. The standard InChI is InChI=1S/C17H17N3O4/c1-18-5-7-20(8-6-18)24-17(22)13-11-19-9-10-23-14-4-2-3-12(15(14)19)16(13)21/h2-4,9-11H,5-8H2,1H3. The third kappa shape index (κ3) is 2.47. The van der Waals surface area contributed by atoms with Crippen LogP contribution in [-0.4, -0.2) is 53.7 Å². The van der Waals surface area contributed by atoms with E-state index in [-0.39, 0.29) is 11.0 Å². The first-order valence-electron chi connectivity index (χ1n) is 7.80. The van der Waals surface area contributed by atoms with E-state index in [9.17, 15) is 9.59 Å². The maximum Gasteiger partial charge on any atom is 0.362 e. The fourth-order valence-corrected chi connectivity index (χ4v) is 2.95. The van der Waals surface area contributed by atoms with Crippen LogP contribution in [0.3, 0.4) is 0 Å². The molecule has 1 saturated heterocycles. The van der Waals surface area contributed by atoms with Crippen LogP contribution in [0.5, 0.6) is 5.75 Å². The van der Waals surface area contributed by atoms with Gasteiger partial charge in [-0.15, -0.1) is 5.06 Å². The van der Waals surface area contributed by atoms with Crippen molar-refractivity contribution in [3.63, 3.8) is 0 Å². The Morgan fingerprint density at radius 3 is 2.79 bits per heavy atom. The summed E-state index contributed by atoms with van der Waals surface area (Å²) in [4.78, 5) is 32.7. The zero-order chi connectivity index (χ0) is 16.7. The number of piperazine rings is 1. The zero-order valence-electron chi connectivity index (χ0n) is 13.3. The van der Waals surface area contributed by atoms with Crippen molar-refractivity contribution in [3.8, 4) is 5.75 Å². The lowest BCUT2D eigenvalue weighted by molar-refractivity contribution is -0.127. The molecule has 2 aromatic rings. The molecule has 1 aromatic carbocycles. The van der Waals surface area contributed by atoms with Crippen LogP contribution >= 0.6 is 0 Å². The average Bonchev–Trinajstić information content (AvgIpc) is 2.60. The first kappa shape index (κ1) is 14.9. The molecule has 0 radical (unpaired) electrons. The first-order valence-corrected chi connectivity index (χ1v) is 7.80. The second kappa shape index (κ2) is 5.77. The van der Waals surface area contributed by atoms with Crippen molar-refractivity contribution in [1.82, 2.24) is 14.5 Å². The van der Waals surface area contributed by atoms with E-state index in [1.165, 1.54) is 12.5 Å². The summed E-state index contributed by atoms with van der Waals surface area (Å²) < 4.78 is 7.13. The molecule has 0 saturated carbocycles. The Hall–Kier alpha value is -2.64. The van der Waals surface area contributed by atoms with Crippen LogP contribution in [0.25, 0.3) is 17.1 Å². The normalized spacial score (nSPS) is 17.7. The molecule has 0 atom stereocenters. The molecule has 4 rings (SSSR count). The second-order valence-electron chi connectivity index (χ2n) is 5.95. The SMILES string of the molecule is CN1CCN(OC(=O)c2cn3c4c(cccc4c2=O)OC=C3)CC1. The van der Waals surface area contributed by atoms with Crippen molar-refractivity contribution < 1.29 is 14.4 Å². The van der Waals surface area contributed by atoms with Crippen molar-refractivity contribution in [3.05, 3.63) is 46.4 Å². The van der Waals surface area contributed by atoms with Gasteiger partial charge < -0.3 is 19.0 Å². The van der Waals surface area contributed by atoms with Gasteiger partial charge in [0, 0.05) is 38.6 Å². The number of ether oxygens (including phenoxy) is 1. The van der Waals surface area contributed by atoms with Gasteiger partial charge >= 0.3 is 5.97 Å². The third-order valence-corrected chi connectivity index (χ3v) is 4.33. The first-order chi connectivity index (χ1) is 11.6. The molecule has 7 heteroatoms. The van der Waals surface area contributed by atoms with Crippen molar-refractivity contribution in [1.29, 1.82) is 0 Å². The van der Waals surface area contributed by atoms with Crippen LogP contribution in [0.4, 0.5) is 0 Å². The third-order valence-electron chi connectivity index (χ3n) is 4.33. The average molecular weight is 327 g/mol. The molecule has 3 heterocycles. The molecule has 124 valence electrons. The Kier molecular flexibility index (Phi) is 3.59. The minimum atomic E-state index is -0.625. The highest BCUT2D eigenvalue weighted by molar-refractivity contribution is 5.96. The Morgan fingerprint density at radius 2 is 2.00 bits per heavy atom. The summed E-state index contributed by atoms with van der Waals surface area (Å²) in [6.07, 6.45) is 4.69. The van der Waals surface area contributed by atoms with Gasteiger partial charge in [0.2, 0.25) is 5.43 Å². The summed E-state index contributed by atoms with van der Waals surface area (Å²) in [5.41, 5.74) is 0.326. The number of carbonyl (C=O) groups is 1. The van der Waals surface area contributed by atoms with Gasteiger partial charge in [-0.1, -0.05) is 6.07 Å². The number of hydrogen-bond acceptors (Lipinski definition) is 6. The smallest absolute Gasteiger partial charge is 0.362 e. The Morgan fingerprint density at radius 1 is 1.21 bits per heavy atom. The van der Waals surface area contributed by atoms with E-state index in [4.69, 9.17) is 9.57 Å². The Bertz CT molecular complexity index is 895. The zero-order valence-corrected chi connectivity index (χ0v) is 13.3. The summed E-state index contributed by atoms with van der Waals surface area (Å²) in [5.74, 6) is -0.0356. The number of likely N-dealkylation sites (N-methyl/N-ethyl adjacent to an activating group) is 1. The molecular formula is C17H17N3O4. The quantitative estimate of drug-likeness (QED) is 0.824. The van der Waals surface area contributed by atoms with Gasteiger partial charge in [-0.2, -0.15) is 0 Å². The fourth-order valence-electron chi connectivity index (χ4n) is 2.95. The number of nitrogens with zero attached hydrogens (tertiary/aromatic N) is 3. The number of hydroxylamine groups is 2. The van der Waals surface area contributed by atoms with Crippen LogP contribution in [0.2, 0.25) is 0 Å². The summed E-state index contributed by atoms with van der Waals surface area (Å²) in [6.45, 7) is 2.89. The number of hydrogen-bond donors (Lipinski definition) is 0. The number of aromatic nitrogens is 1. The molecular weight excluding hydrogens is 310 g/mol. The summed E-state index contributed by atoms with van der Waals surface area (Å²) in [5, 5.41) is 2.04. The molecule has 24 heavy (non-hydrogen) atoms. The van der Waals surface area contributed by atoms with Crippen LogP contribution in [-0.2, 0) is 4.84 Å². The molecule has 1 aromatic heterocycles. The summed E-state index contributed by atoms with van der Waals surface area (Å²) >= 11 is 0. The van der Waals surface area contributed by atoms with Gasteiger partial charge in [-0.05, 0) is 19.2 Å². The maximum absolute atomic E-state index is 12.7. The molecule has 2 aliphatic rings. The van der Waals surface area contributed by atoms with Crippen LogP contribution < -0.4 is 10.2 Å².